The summed E-state index contributed by atoms with van der Waals surface area (Å²) in [6.45, 7) is 2.83. The van der Waals surface area contributed by atoms with E-state index in [0.717, 1.165) is 46.3 Å². The third-order valence-corrected chi connectivity index (χ3v) is 7.04. The lowest BCUT2D eigenvalue weighted by Crippen LogP contribution is -2.40. The van der Waals surface area contributed by atoms with Crippen LogP contribution >= 0.6 is 0 Å². The van der Waals surface area contributed by atoms with E-state index in [-0.39, 0.29) is 11.9 Å². The van der Waals surface area contributed by atoms with E-state index in [9.17, 15) is 9.90 Å². The molecule has 5 heterocycles. The first kappa shape index (κ1) is 21.4. The molecule has 1 aromatic carbocycles. The number of carbonyl (C=O) groups is 1. The number of hydrogen-bond acceptors (Lipinski definition) is 5. The first-order chi connectivity index (χ1) is 17.0. The first-order valence-corrected chi connectivity index (χ1v) is 11.8. The summed E-state index contributed by atoms with van der Waals surface area (Å²) in [5.41, 5.74) is 12.2. The van der Waals surface area contributed by atoms with E-state index >= 15 is 0 Å². The number of likely N-dealkylation sites (tertiary alicyclic amines) is 1. The van der Waals surface area contributed by atoms with Gasteiger partial charge in [-0.15, -0.1) is 0 Å². The van der Waals surface area contributed by atoms with E-state index in [2.05, 4.69) is 44.8 Å². The van der Waals surface area contributed by atoms with Gasteiger partial charge in [-0.25, -0.2) is 4.98 Å². The highest BCUT2D eigenvalue weighted by atomic mass is 16.3. The number of para-hydroxylation sites is 1. The van der Waals surface area contributed by atoms with Crippen LogP contribution in [0, 0.1) is 6.92 Å². The number of nitrogens with two attached hydrogens (primary N) is 1. The molecule has 9 heteroatoms. The van der Waals surface area contributed by atoms with E-state index < -0.39 is 6.61 Å². The van der Waals surface area contributed by atoms with Crippen molar-refractivity contribution in [3.05, 3.63) is 66.7 Å². The van der Waals surface area contributed by atoms with Crippen LogP contribution in [0.5, 0.6) is 0 Å². The highest BCUT2D eigenvalue weighted by molar-refractivity contribution is 5.94. The lowest BCUT2D eigenvalue weighted by Gasteiger charge is -2.32. The standard InChI is InChI=1S/C26H27N7O2/c1-17-14-32(20-8-11-30(12-9-20)22(35)16-34)26-23(17)24(27)33-25(29-26)21(13-28-33)18-7-10-31(15-18)19-5-3-2-4-6-19/h2-7,10,13-15,20,34H,8-9,11-12,16,27H2,1H3. The molecule has 1 aliphatic heterocycles. The van der Waals surface area contributed by atoms with Crippen LogP contribution in [0.2, 0.25) is 0 Å². The van der Waals surface area contributed by atoms with Crippen LogP contribution in [0.15, 0.2) is 61.2 Å². The largest absolute Gasteiger partial charge is 0.387 e. The number of hydrogen-bond donors (Lipinski definition) is 2. The summed E-state index contributed by atoms with van der Waals surface area (Å²) in [5.74, 6) is 0.357. The number of rotatable bonds is 4. The molecular formula is C26H27N7O2. The highest BCUT2D eigenvalue weighted by Crippen LogP contribution is 2.34. The van der Waals surface area contributed by atoms with E-state index in [1.54, 1.807) is 9.42 Å². The zero-order valence-corrected chi connectivity index (χ0v) is 19.5. The van der Waals surface area contributed by atoms with Crippen LogP contribution in [0.3, 0.4) is 0 Å². The minimum Gasteiger partial charge on any atom is -0.387 e. The molecule has 0 saturated carbocycles. The highest BCUT2D eigenvalue weighted by Gasteiger charge is 2.26. The van der Waals surface area contributed by atoms with Crippen molar-refractivity contribution in [2.45, 2.75) is 25.8 Å². The molecule has 178 valence electrons. The summed E-state index contributed by atoms with van der Waals surface area (Å²) >= 11 is 0. The number of anilines is 1. The van der Waals surface area contributed by atoms with Crippen molar-refractivity contribution in [1.82, 2.24) is 28.6 Å². The number of benzene rings is 1. The van der Waals surface area contributed by atoms with Crippen molar-refractivity contribution < 1.29 is 9.90 Å². The summed E-state index contributed by atoms with van der Waals surface area (Å²) in [5, 5.41) is 14.7. The summed E-state index contributed by atoms with van der Waals surface area (Å²) in [4.78, 5) is 18.7. The SMILES string of the molecule is Cc1cn(C2CCN(C(=O)CO)CC2)c2nc3c(-c4ccn(-c5ccccc5)c4)cnn3c(N)c12. The second-order valence-electron chi connectivity index (χ2n) is 9.12. The van der Waals surface area contributed by atoms with Crippen molar-refractivity contribution in [3.63, 3.8) is 0 Å². The van der Waals surface area contributed by atoms with Gasteiger partial charge in [0, 0.05) is 54.5 Å². The Kier molecular flexibility index (Phi) is 5.07. The summed E-state index contributed by atoms with van der Waals surface area (Å²) in [6, 6.07) is 12.4. The zero-order valence-electron chi connectivity index (χ0n) is 19.5. The quantitative estimate of drug-likeness (QED) is 0.420. The molecule has 0 unspecified atom stereocenters. The Bertz CT molecular complexity index is 1540. The molecule has 1 amide bonds. The predicted molar refractivity (Wildman–Crippen MR) is 134 cm³/mol. The summed E-state index contributed by atoms with van der Waals surface area (Å²) < 4.78 is 6.00. The van der Waals surface area contributed by atoms with Gasteiger partial charge in [-0.3, -0.25) is 4.79 Å². The Morgan fingerprint density at radius 3 is 2.63 bits per heavy atom. The van der Waals surface area contributed by atoms with Crippen LogP contribution in [-0.4, -0.2) is 59.3 Å². The van der Waals surface area contributed by atoms with Gasteiger partial charge in [-0.05, 0) is 43.5 Å². The van der Waals surface area contributed by atoms with E-state index in [0.29, 0.717) is 24.6 Å². The van der Waals surface area contributed by atoms with Gasteiger partial charge in [0.25, 0.3) is 0 Å². The smallest absolute Gasteiger partial charge is 0.248 e. The fourth-order valence-corrected chi connectivity index (χ4v) is 5.19. The Morgan fingerprint density at radius 1 is 1.11 bits per heavy atom. The summed E-state index contributed by atoms with van der Waals surface area (Å²) in [6.07, 6.45) is 9.63. The molecule has 3 N–H and O–H groups in total. The van der Waals surface area contributed by atoms with Crippen LogP contribution in [0.1, 0.15) is 24.4 Å². The molecular weight excluding hydrogens is 442 g/mol. The van der Waals surface area contributed by atoms with Crippen molar-refractivity contribution in [1.29, 1.82) is 0 Å². The van der Waals surface area contributed by atoms with Crippen molar-refractivity contribution in [2.24, 2.45) is 0 Å². The Labute approximate surface area is 202 Å². The number of aromatic nitrogens is 5. The molecule has 4 aromatic heterocycles. The molecule has 9 nitrogen and oxygen atoms in total. The third kappa shape index (κ3) is 3.47. The lowest BCUT2D eigenvalue weighted by atomic mass is 10.0. The van der Waals surface area contributed by atoms with E-state index in [4.69, 9.17) is 10.7 Å². The third-order valence-electron chi connectivity index (χ3n) is 7.04. The summed E-state index contributed by atoms with van der Waals surface area (Å²) in [7, 11) is 0. The van der Waals surface area contributed by atoms with Gasteiger partial charge in [-0.2, -0.15) is 9.61 Å². The monoisotopic (exact) mass is 469 g/mol. The van der Waals surface area contributed by atoms with Crippen LogP contribution < -0.4 is 5.73 Å². The normalized spacial score (nSPS) is 14.9. The minimum absolute atomic E-state index is 0.203. The molecule has 0 aliphatic carbocycles. The van der Waals surface area contributed by atoms with Gasteiger partial charge in [0.15, 0.2) is 5.65 Å². The number of nitrogens with zero attached hydrogens (tertiary/aromatic N) is 6. The molecule has 0 bridgehead atoms. The topological polar surface area (TPSA) is 107 Å². The minimum atomic E-state index is -0.442. The second-order valence-corrected chi connectivity index (χ2v) is 9.12. The predicted octanol–water partition coefficient (Wildman–Crippen LogP) is 3.19. The zero-order chi connectivity index (χ0) is 24.1. The van der Waals surface area contributed by atoms with Gasteiger partial charge >= 0.3 is 0 Å². The number of aryl methyl sites for hydroxylation is 1. The van der Waals surface area contributed by atoms with Crippen molar-refractivity contribution in [3.8, 4) is 16.8 Å². The molecule has 35 heavy (non-hydrogen) atoms. The first-order valence-electron chi connectivity index (χ1n) is 11.8. The molecule has 0 spiro atoms. The van der Waals surface area contributed by atoms with Gasteiger partial charge in [0.2, 0.25) is 5.91 Å². The molecule has 1 fully saturated rings. The van der Waals surface area contributed by atoms with Gasteiger partial charge < -0.3 is 24.9 Å². The lowest BCUT2D eigenvalue weighted by molar-refractivity contribution is -0.135. The maximum Gasteiger partial charge on any atom is 0.248 e. The number of piperidine rings is 1. The van der Waals surface area contributed by atoms with Gasteiger partial charge in [0.05, 0.1) is 11.6 Å². The van der Waals surface area contributed by atoms with E-state index in [1.165, 1.54) is 0 Å². The number of amides is 1. The Hall–Kier alpha value is -4.11. The maximum absolute atomic E-state index is 11.9. The Balaban J connectivity index is 1.42. The average Bonchev–Trinajstić information content (AvgIpc) is 3.62. The van der Waals surface area contributed by atoms with Gasteiger partial charge in [-0.1, -0.05) is 18.2 Å². The second kappa shape index (κ2) is 8.28. The number of nitrogen functional groups attached to an aromatic ring is 1. The number of aliphatic hydroxyl groups excluding tert-OH is 1. The fourth-order valence-electron chi connectivity index (χ4n) is 5.19. The van der Waals surface area contributed by atoms with E-state index in [1.807, 2.05) is 37.5 Å². The maximum atomic E-state index is 11.9. The number of fused-ring (bicyclic) bond motifs is 2. The van der Waals surface area contributed by atoms with Crippen molar-refractivity contribution in [2.75, 3.05) is 25.4 Å². The molecule has 6 rings (SSSR count). The molecule has 0 atom stereocenters. The van der Waals surface area contributed by atoms with Crippen LogP contribution in [0.4, 0.5) is 5.82 Å². The number of carbonyl (C=O) groups excluding carboxylic acids is 1. The fraction of sp³-hybridized carbons (Fsp3) is 0.269. The molecule has 0 radical (unpaired) electrons. The Morgan fingerprint density at radius 2 is 1.89 bits per heavy atom. The van der Waals surface area contributed by atoms with Crippen LogP contribution in [0.25, 0.3) is 33.5 Å². The molecule has 1 saturated heterocycles. The van der Waals surface area contributed by atoms with Crippen molar-refractivity contribution >= 4 is 28.4 Å². The molecule has 1 aliphatic rings. The van der Waals surface area contributed by atoms with Crippen LogP contribution in [-0.2, 0) is 4.79 Å². The molecule has 5 aromatic rings. The average molecular weight is 470 g/mol. The van der Waals surface area contributed by atoms with Gasteiger partial charge in [0.1, 0.15) is 18.1 Å². The number of aliphatic hydroxyl groups is 1.